The molecule has 0 saturated carbocycles. The highest BCUT2D eigenvalue weighted by Gasteiger charge is 2.17. The molecule has 1 fully saturated rings. The third kappa shape index (κ3) is 1.54. The van der Waals surface area contributed by atoms with Gasteiger partial charge in [0.1, 0.15) is 0 Å². The molecule has 0 unspecified atom stereocenters. The van der Waals surface area contributed by atoms with Crippen molar-refractivity contribution in [2.75, 3.05) is 18.0 Å². The first-order valence-corrected chi connectivity index (χ1v) is 6.01. The predicted octanol–water partition coefficient (Wildman–Crippen LogP) is 2.56. The quantitative estimate of drug-likeness (QED) is 0.711. The van der Waals surface area contributed by atoms with Gasteiger partial charge in [-0.2, -0.15) is 0 Å². The predicted molar refractivity (Wildman–Crippen MR) is 66.7 cm³/mol. The van der Waals surface area contributed by atoms with E-state index >= 15 is 0 Å². The summed E-state index contributed by atoms with van der Waals surface area (Å²) >= 11 is 0. The molecular weight excluding hydrogens is 196 g/mol. The largest absolute Gasteiger partial charge is 0.371 e. The fourth-order valence-corrected chi connectivity index (χ4v) is 2.57. The molecule has 0 spiro atoms. The van der Waals surface area contributed by atoms with Crippen LogP contribution in [0, 0.1) is 6.92 Å². The number of fused-ring (bicyclic) bond motifs is 1. The van der Waals surface area contributed by atoms with Crippen LogP contribution < -0.4 is 9.88 Å². The van der Waals surface area contributed by atoms with Crippen LogP contribution in [0.15, 0.2) is 30.3 Å². The highest BCUT2D eigenvalue weighted by Crippen LogP contribution is 2.27. The maximum atomic E-state index is 3.43. The van der Waals surface area contributed by atoms with Crippen molar-refractivity contribution in [1.82, 2.24) is 0 Å². The molecule has 16 heavy (non-hydrogen) atoms. The van der Waals surface area contributed by atoms with E-state index in [1.54, 1.807) is 0 Å². The molecule has 82 valence electrons. The van der Waals surface area contributed by atoms with E-state index in [1.807, 2.05) is 0 Å². The maximum Gasteiger partial charge on any atom is 0.213 e. The second kappa shape index (κ2) is 3.78. The number of nitrogens with zero attached hydrogens (tertiary/aromatic N) is 1. The van der Waals surface area contributed by atoms with E-state index in [1.165, 1.54) is 48.2 Å². The Morgan fingerprint density at radius 3 is 2.69 bits per heavy atom. The Morgan fingerprint density at radius 2 is 1.88 bits per heavy atom. The van der Waals surface area contributed by atoms with Gasteiger partial charge in [-0.3, -0.25) is 0 Å². The van der Waals surface area contributed by atoms with Crippen molar-refractivity contribution in [1.29, 1.82) is 0 Å². The molecule has 0 bridgehead atoms. The molecule has 2 nitrogen and oxygen atoms in total. The summed E-state index contributed by atoms with van der Waals surface area (Å²) in [5.74, 6) is 0. The molecule has 0 aliphatic carbocycles. The Bertz CT molecular complexity index is 513. The van der Waals surface area contributed by atoms with Crippen molar-refractivity contribution >= 4 is 16.6 Å². The molecule has 1 saturated heterocycles. The van der Waals surface area contributed by atoms with Crippen molar-refractivity contribution in [3.63, 3.8) is 0 Å². The number of aryl methyl sites for hydroxylation is 1. The topological polar surface area (TPSA) is 17.4 Å². The van der Waals surface area contributed by atoms with Gasteiger partial charge in [-0.25, -0.2) is 4.98 Å². The van der Waals surface area contributed by atoms with Crippen LogP contribution in [-0.4, -0.2) is 13.1 Å². The molecule has 1 aromatic carbocycles. The number of aromatic nitrogens is 1. The summed E-state index contributed by atoms with van der Waals surface area (Å²) in [6.07, 6.45) is 2.65. The van der Waals surface area contributed by atoms with Crippen LogP contribution >= 0.6 is 0 Å². The van der Waals surface area contributed by atoms with E-state index in [0.717, 1.165) is 0 Å². The molecule has 1 N–H and O–H groups in total. The minimum Gasteiger partial charge on any atom is -0.371 e. The monoisotopic (exact) mass is 213 g/mol. The summed E-state index contributed by atoms with van der Waals surface area (Å²) in [4.78, 5) is 5.93. The first-order chi connectivity index (χ1) is 7.84. The number of aromatic amines is 1. The average Bonchev–Trinajstić information content (AvgIpc) is 2.81. The lowest BCUT2D eigenvalue weighted by atomic mass is 10.1. The molecule has 2 heteroatoms. The van der Waals surface area contributed by atoms with Crippen LogP contribution in [0.25, 0.3) is 10.9 Å². The molecule has 3 rings (SSSR count). The number of hydrogen-bond acceptors (Lipinski definition) is 1. The van der Waals surface area contributed by atoms with E-state index in [-0.39, 0.29) is 0 Å². The van der Waals surface area contributed by atoms with Gasteiger partial charge in [-0.15, -0.1) is 0 Å². The SMILES string of the molecule is Cc1cc(N2CCCC2)c2ccccc2[nH+]1. The Morgan fingerprint density at radius 1 is 1.12 bits per heavy atom. The Kier molecular flexibility index (Phi) is 2.28. The van der Waals surface area contributed by atoms with Crippen LogP contribution in [0.3, 0.4) is 0 Å². The standard InChI is InChI=1S/C14H16N2/c1-11-10-14(16-8-4-5-9-16)12-6-2-3-7-13(12)15-11/h2-3,6-7,10H,4-5,8-9H2,1H3/p+1. The Balaban J connectivity index is 2.21. The average molecular weight is 213 g/mol. The van der Waals surface area contributed by atoms with Gasteiger partial charge >= 0.3 is 0 Å². The second-order valence-corrected chi connectivity index (χ2v) is 4.58. The molecule has 0 radical (unpaired) electrons. The first-order valence-electron chi connectivity index (χ1n) is 6.01. The first kappa shape index (κ1) is 9.64. The number of benzene rings is 1. The van der Waals surface area contributed by atoms with Gasteiger partial charge in [0.2, 0.25) is 5.52 Å². The smallest absolute Gasteiger partial charge is 0.213 e. The summed E-state index contributed by atoms with van der Waals surface area (Å²) in [5.41, 5.74) is 3.87. The number of rotatable bonds is 1. The number of anilines is 1. The molecule has 2 aromatic rings. The fraction of sp³-hybridized carbons (Fsp3) is 0.357. The number of para-hydroxylation sites is 1. The van der Waals surface area contributed by atoms with Gasteiger partial charge in [0.25, 0.3) is 0 Å². The fourth-order valence-electron chi connectivity index (χ4n) is 2.57. The normalized spacial score (nSPS) is 15.9. The molecule has 0 atom stereocenters. The van der Waals surface area contributed by atoms with Crippen molar-refractivity contribution in [3.05, 3.63) is 36.0 Å². The summed E-state index contributed by atoms with van der Waals surface area (Å²) in [5, 5.41) is 1.34. The minimum atomic E-state index is 1.20. The third-order valence-electron chi connectivity index (χ3n) is 3.33. The lowest BCUT2D eigenvalue weighted by Gasteiger charge is -2.18. The Hall–Kier alpha value is -1.57. The number of nitrogens with one attached hydrogen (secondary N) is 1. The van der Waals surface area contributed by atoms with E-state index < -0.39 is 0 Å². The molecule has 1 aliphatic rings. The summed E-state index contributed by atoms with van der Waals surface area (Å²) in [6, 6.07) is 10.8. The number of pyridine rings is 1. The van der Waals surface area contributed by atoms with Crippen LogP contribution in [0.2, 0.25) is 0 Å². The Labute approximate surface area is 95.9 Å². The lowest BCUT2D eigenvalue weighted by Crippen LogP contribution is -2.20. The van der Waals surface area contributed by atoms with Crippen molar-refractivity contribution < 1.29 is 4.98 Å². The summed E-state index contributed by atoms with van der Waals surface area (Å²) in [7, 11) is 0. The summed E-state index contributed by atoms with van der Waals surface area (Å²) < 4.78 is 0. The molecular formula is C14H17N2+. The van der Waals surface area contributed by atoms with Gasteiger partial charge in [0.15, 0.2) is 5.69 Å². The molecule has 0 amide bonds. The minimum absolute atomic E-state index is 1.20. The zero-order valence-electron chi connectivity index (χ0n) is 9.66. The van der Waals surface area contributed by atoms with E-state index in [9.17, 15) is 0 Å². The summed E-state index contributed by atoms with van der Waals surface area (Å²) in [6.45, 7) is 4.53. The van der Waals surface area contributed by atoms with Gasteiger partial charge in [-0.05, 0) is 18.9 Å². The molecule has 1 aromatic heterocycles. The van der Waals surface area contributed by atoms with E-state index in [2.05, 4.69) is 47.1 Å². The van der Waals surface area contributed by atoms with Crippen LogP contribution in [-0.2, 0) is 0 Å². The zero-order valence-corrected chi connectivity index (χ0v) is 9.66. The highest BCUT2D eigenvalue weighted by molar-refractivity contribution is 5.89. The van der Waals surface area contributed by atoms with Gasteiger partial charge < -0.3 is 4.90 Å². The number of hydrogen-bond donors (Lipinski definition) is 0. The molecule has 1 aliphatic heterocycles. The third-order valence-corrected chi connectivity index (χ3v) is 3.33. The van der Waals surface area contributed by atoms with Gasteiger partial charge in [0, 0.05) is 32.1 Å². The van der Waals surface area contributed by atoms with Crippen molar-refractivity contribution in [3.8, 4) is 0 Å². The maximum absolute atomic E-state index is 3.43. The van der Waals surface area contributed by atoms with Crippen LogP contribution in [0.1, 0.15) is 18.5 Å². The van der Waals surface area contributed by atoms with Crippen LogP contribution in [0.4, 0.5) is 5.69 Å². The highest BCUT2D eigenvalue weighted by atomic mass is 15.1. The van der Waals surface area contributed by atoms with Gasteiger partial charge in [0.05, 0.1) is 11.1 Å². The molecule has 2 heterocycles. The van der Waals surface area contributed by atoms with Crippen molar-refractivity contribution in [2.45, 2.75) is 19.8 Å². The zero-order chi connectivity index (χ0) is 11.0. The second-order valence-electron chi connectivity index (χ2n) is 4.58. The van der Waals surface area contributed by atoms with E-state index in [4.69, 9.17) is 0 Å². The number of H-pyrrole nitrogens is 1. The van der Waals surface area contributed by atoms with Crippen LogP contribution in [0.5, 0.6) is 0 Å². The van der Waals surface area contributed by atoms with Gasteiger partial charge in [-0.1, -0.05) is 12.1 Å². The van der Waals surface area contributed by atoms with E-state index in [0.29, 0.717) is 0 Å². The lowest BCUT2D eigenvalue weighted by molar-refractivity contribution is -0.354. The van der Waals surface area contributed by atoms with Crippen molar-refractivity contribution in [2.24, 2.45) is 0 Å².